The smallest absolute Gasteiger partial charge is 0.425 e. The van der Waals surface area contributed by atoms with Gasteiger partial charge in [0.1, 0.15) is 5.60 Å². The van der Waals surface area contributed by atoms with Gasteiger partial charge < -0.3 is 9.30 Å². The van der Waals surface area contributed by atoms with Crippen LogP contribution in [0.2, 0.25) is 0 Å². The van der Waals surface area contributed by atoms with Crippen molar-refractivity contribution in [3.05, 3.63) is 54.0 Å². The number of nitrogens with zero attached hydrogens (tertiary/aromatic N) is 4. The molecule has 0 unspecified atom stereocenters. The lowest BCUT2D eigenvalue weighted by molar-refractivity contribution is 0.0385. The number of aromatic nitrogens is 2. The van der Waals surface area contributed by atoms with Crippen LogP contribution in [-0.4, -0.2) is 58.9 Å². The normalized spacial score (nSPS) is 12.5. The van der Waals surface area contributed by atoms with E-state index in [2.05, 4.69) is 48.7 Å². The number of carbonyl (C=O) groups is 1. The van der Waals surface area contributed by atoms with E-state index in [9.17, 15) is 13.2 Å². The second kappa shape index (κ2) is 10.6. The summed E-state index contributed by atoms with van der Waals surface area (Å²) < 4.78 is 35.5. The van der Waals surface area contributed by atoms with Crippen molar-refractivity contribution in [3.8, 4) is 11.1 Å². The number of pyridine rings is 1. The van der Waals surface area contributed by atoms with Crippen LogP contribution in [0, 0.1) is 12.8 Å². The summed E-state index contributed by atoms with van der Waals surface area (Å²) in [7, 11) is -1.20. The molecule has 3 rings (SSSR count). The fourth-order valence-corrected chi connectivity index (χ4v) is 5.21. The molecule has 0 N–H and O–H groups in total. The lowest BCUT2D eigenvalue weighted by atomic mass is 9.97. The molecule has 2 heterocycles. The van der Waals surface area contributed by atoms with Crippen LogP contribution in [0.5, 0.6) is 0 Å². The van der Waals surface area contributed by atoms with E-state index in [0.29, 0.717) is 12.3 Å². The van der Waals surface area contributed by atoms with Gasteiger partial charge >= 0.3 is 16.3 Å². The van der Waals surface area contributed by atoms with E-state index in [1.165, 1.54) is 14.1 Å². The van der Waals surface area contributed by atoms with Gasteiger partial charge in [0.2, 0.25) is 0 Å². The Morgan fingerprint density at radius 2 is 1.75 bits per heavy atom. The van der Waals surface area contributed by atoms with Gasteiger partial charge in [-0.25, -0.2) is 4.79 Å². The second-order valence-corrected chi connectivity index (χ2v) is 12.7. The number of ether oxygens (including phenoxy) is 1. The molecule has 0 saturated heterocycles. The maximum absolute atomic E-state index is 13.0. The van der Waals surface area contributed by atoms with Gasteiger partial charge in [-0.3, -0.25) is 4.98 Å². The molecule has 0 bridgehead atoms. The van der Waals surface area contributed by atoms with Crippen molar-refractivity contribution in [1.82, 2.24) is 18.2 Å². The van der Waals surface area contributed by atoms with Crippen molar-refractivity contribution in [2.24, 2.45) is 5.92 Å². The van der Waals surface area contributed by atoms with Crippen LogP contribution in [0.1, 0.15) is 45.7 Å². The SMILES string of the molecule is Cc1c(-c2ccncc2)ccc2c(CCN(C(=O)OC(C)(C)C)S(=O)(=O)N(C)C)cn(CC(C)C)c12. The quantitative estimate of drug-likeness (QED) is 0.410. The molecule has 0 radical (unpaired) electrons. The lowest BCUT2D eigenvalue weighted by Gasteiger charge is -2.28. The molecule has 0 saturated carbocycles. The zero-order valence-corrected chi connectivity index (χ0v) is 23.4. The molecule has 36 heavy (non-hydrogen) atoms. The van der Waals surface area contributed by atoms with Crippen LogP contribution in [0.25, 0.3) is 22.0 Å². The standard InChI is InChI=1S/C27H38N4O4S/c1-19(2)17-30-18-22(13-16-31(36(33,34)29(7)8)26(32)35-27(4,5)6)24-10-9-23(20(3)25(24)30)21-11-14-28-15-12-21/h9-12,14-15,18-19H,13,16-17H2,1-8H3. The molecule has 196 valence electrons. The predicted octanol–water partition coefficient (Wildman–Crippen LogP) is 5.25. The Kier molecular flexibility index (Phi) is 8.15. The van der Waals surface area contributed by atoms with Crippen LogP contribution in [-0.2, 0) is 27.9 Å². The summed E-state index contributed by atoms with van der Waals surface area (Å²) in [6, 6.07) is 8.17. The van der Waals surface area contributed by atoms with E-state index >= 15 is 0 Å². The third kappa shape index (κ3) is 6.07. The van der Waals surface area contributed by atoms with Gasteiger partial charge in [0, 0.05) is 51.2 Å². The molecule has 0 atom stereocenters. The summed E-state index contributed by atoms with van der Waals surface area (Å²) in [6.07, 6.45) is 5.14. The highest BCUT2D eigenvalue weighted by Crippen LogP contribution is 2.33. The Morgan fingerprint density at radius 1 is 1.11 bits per heavy atom. The molecule has 9 heteroatoms. The van der Waals surface area contributed by atoms with Crippen molar-refractivity contribution in [3.63, 3.8) is 0 Å². The highest BCUT2D eigenvalue weighted by molar-refractivity contribution is 7.87. The van der Waals surface area contributed by atoms with Gasteiger partial charge in [-0.2, -0.15) is 17.0 Å². The Hall–Kier alpha value is -2.91. The van der Waals surface area contributed by atoms with E-state index in [1.807, 2.05) is 12.1 Å². The number of fused-ring (bicyclic) bond motifs is 1. The van der Waals surface area contributed by atoms with Crippen LogP contribution in [0.3, 0.4) is 0 Å². The molecular formula is C27H38N4O4S. The van der Waals surface area contributed by atoms with Crippen molar-refractivity contribution < 1.29 is 17.9 Å². The van der Waals surface area contributed by atoms with E-state index in [1.54, 1.807) is 33.2 Å². The van der Waals surface area contributed by atoms with Crippen LogP contribution >= 0.6 is 0 Å². The maximum Gasteiger partial charge on any atom is 0.425 e. The third-order valence-corrected chi connectivity index (χ3v) is 7.66. The molecule has 8 nitrogen and oxygen atoms in total. The first-order chi connectivity index (χ1) is 16.7. The fourth-order valence-electron chi connectivity index (χ4n) is 4.27. The molecule has 3 aromatic rings. The van der Waals surface area contributed by atoms with Crippen LogP contribution in [0.15, 0.2) is 42.9 Å². The molecule has 0 aliphatic heterocycles. The summed E-state index contributed by atoms with van der Waals surface area (Å²) >= 11 is 0. The topological polar surface area (TPSA) is 84.7 Å². The van der Waals surface area contributed by atoms with Gasteiger partial charge in [-0.15, -0.1) is 0 Å². The van der Waals surface area contributed by atoms with E-state index in [-0.39, 0.29) is 6.54 Å². The average molecular weight is 515 g/mol. The molecule has 0 aliphatic rings. The zero-order chi connectivity index (χ0) is 26.8. The Balaban J connectivity index is 2.05. The number of aryl methyl sites for hydroxylation is 1. The number of carbonyl (C=O) groups excluding carboxylic acids is 1. The molecule has 0 aliphatic carbocycles. The Labute approximate surface area is 215 Å². The first-order valence-electron chi connectivity index (χ1n) is 12.2. The minimum absolute atomic E-state index is 0.0264. The van der Waals surface area contributed by atoms with Crippen molar-refractivity contribution in [2.75, 3.05) is 20.6 Å². The minimum Gasteiger partial charge on any atom is -0.443 e. The summed E-state index contributed by atoms with van der Waals surface area (Å²) in [5.74, 6) is 0.421. The van der Waals surface area contributed by atoms with Gasteiger partial charge in [0.25, 0.3) is 0 Å². The Morgan fingerprint density at radius 3 is 2.31 bits per heavy atom. The molecule has 0 spiro atoms. The lowest BCUT2D eigenvalue weighted by Crippen LogP contribution is -2.46. The summed E-state index contributed by atoms with van der Waals surface area (Å²) in [5.41, 5.74) is 4.66. The third-order valence-electron chi connectivity index (χ3n) is 5.85. The summed E-state index contributed by atoms with van der Waals surface area (Å²) in [5, 5.41) is 1.05. The molecule has 1 amide bonds. The van der Waals surface area contributed by atoms with Gasteiger partial charge in [-0.05, 0) is 74.4 Å². The number of rotatable bonds is 8. The van der Waals surface area contributed by atoms with Gasteiger partial charge in [-0.1, -0.05) is 26.0 Å². The average Bonchev–Trinajstić information content (AvgIpc) is 3.10. The largest absolute Gasteiger partial charge is 0.443 e. The van der Waals surface area contributed by atoms with E-state index in [4.69, 9.17) is 4.74 Å². The maximum atomic E-state index is 13.0. The fraction of sp³-hybridized carbons (Fsp3) is 0.481. The van der Waals surface area contributed by atoms with Gasteiger partial charge in [0.15, 0.2) is 0 Å². The highest BCUT2D eigenvalue weighted by Gasteiger charge is 2.33. The molecular weight excluding hydrogens is 476 g/mol. The van der Waals surface area contributed by atoms with Crippen molar-refractivity contribution >= 4 is 27.2 Å². The molecule has 0 fully saturated rings. The van der Waals surface area contributed by atoms with E-state index in [0.717, 1.165) is 48.3 Å². The first kappa shape index (κ1) is 27.7. The minimum atomic E-state index is -4.02. The second-order valence-electron chi connectivity index (χ2n) is 10.7. The summed E-state index contributed by atoms with van der Waals surface area (Å²) in [6.45, 7) is 12.4. The van der Waals surface area contributed by atoms with E-state index < -0.39 is 21.9 Å². The number of benzene rings is 1. The first-order valence-corrected chi connectivity index (χ1v) is 13.6. The monoisotopic (exact) mass is 514 g/mol. The van der Waals surface area contributed by atoms with Crippen LogP contribution < -0.4 is 0 Å². The number of hydrogen-bond acceptors (Lipinski definition) is 5. The zero-order valence-electron chi connectivity index (χ0n) is 22.6. The number of hydrogen-bond donors (Lipinski definition) is 0. The number of amides is 1. The predicted molar refractivity (Wildman–Crippen MR) is 144 cm³/mol. The van der Waals surface area contributed by atoms with Crippen LogP contribution in [0.4, 0.5) is 4.79 Å². The highest BCUT2D eigenvalue weighted by atomic mass is 32.2. The molecule has 2 aromatic heterocycles. The Bertz CT molecular complexity index is 1320. The molecule has 1 aromatic carbocycles. The van der Waals surface area contributed by atoms with Crippen molar-refractivity contribution in [2.45, 2.75) is 60.1 Å². The van der Waals surface area contributed by atoms with Crippen molar-refractivity contribution in [1.29, 1.82) is 0 Å². The van der Waals surface area contributed by atoms with Gasteiger partial charge in [0.05, 0.1) is 5.52 Å². The summed E-state index contributed by atoms with van der Waals surface area (Å²) in [4.78, 5) is 17.0.